The molecule has 2 aromatic rings. The highest BCUT2D eigenvalue weighted by molar-refractivity contribution is 6.42. The monoisotopic (exact) mass is 532 g/mol. The molecular formula is C27H20N2O10. The molecule has 3 heterocycles. The van der Waals surface area contributed by atoms with Gasteiger partial charge in [-0.15, -0.1) is 0 Å². The van der Waals surface area contributed by atoms with Crippen molar-refractivity contribution in [1.29, 1.82) is 0 Å². The SMILES string of the molecule is COc1ccc(C(=O)O[C@@H]2C=COC=C3C=C4C(=O)N(C)C(=O)C(=O)N4[C@H]32)cc1Oc1cc(C=O)ccc1O. The molecule has 39 heavy (non-hydrogen) atoms. The lowest BCUT2D eigenvalue weighted by Crippen LogP contribution is -2.57. The molecule has 0 saturated carbocycles. The molecule has 198 valence electrons. The number of imide groups is 1. The molecule has 3 aliphatic heterocycles. The molecule has 3 amide bonds. The van der Waals surface area contributed by atoms with E-state index in [0.29, 0.717) is 11.9 Å². The summed E-state index contributed by atoms with van der Waals surface area (Å²) in [6, 6.07) is 7.16. The number of aromatic hydroxyl groups is 1. The molecule has 0 aromatic heterocycles. The predicted octanol–water partition coefficient (Wildman–Crippen LogP) is 2.05. The third-order valence-corrected chi connectivity index (χ3v) is 6.26. The molecule has 0 aliphatic carbocycles. The van der Waals surface area contributed by atoms with Crippen LogP contribution in [-0.4, -0.2) is 71.2 Å². The summed E-state index contributed by atoms with van der Waals surface area (Å²) in [4.78, 5) is 63.9. The van der Waals surface area contributed by atoms with Gasteiger partial charge in [0, 0.05) is 18.2 Å². The molecule has 0 unspecified atom stereocenters. The van der Waals surface area contributed by atoms with Crippen LogP contribution in [0.2, 0.25) is 0 Å². The van der Waals surface area contributed by atoms with Crippen LogP contribution < -0.4 is 9.47 Å². The summed E-state index contributed by atoms with van der Waals surface area (Å²) in [5, 5.41) is 10.1. The Morgan fingerprint density at radius 3 is 2.56 bits per heavy atom. The van der Waals surface area contributed by atoms with Crippen molar-refractivity contribution in [1.82, 2.24) is 9.80 Å². The van der Waals surface area contributed by atoms with Gasteiger partial charge in [0.05, 0.1) is 25.2 Å². The Bertz CT molecular complexity index is 1520. The number of likely N-dealkylation sites (N-methyl/N-ethyl adjacent to an activating group) is 1. The van der Waals surface area contributed by atoms with E-state index in [0.717, 1.165) is 9.80 Å². The first-order valence-corrected chi connectivity index (χ1v) is 11.5. The number of piperazine rings is 1. The summed E-state index contributed by atoms with van der Waals surface area (Å²) in [5.74, 6) is -3.51. The van der Waals surface area contributed by atoms with Crippen molar-refractivity contribution in [2.24, 2.45) is 0 Å². The van der Waals surface area contributed by atoms with Gasteiger partial charge in [0.25, 0.3) is 5.91 Å². The van der Waals surface area contributed by atoms with E-state index in [-0.39, 0.29) is 39.8 Å². The van der Waals surface area contributed by atoms with Gasteiger partial charge in [0.15, 0.2) is 23.0 Å². The summed E-state index contributed by atoms with van der Waals surface area (Å²) < 4.78 is 22.0. The first-order valence-electron chi connectivity index (χ1n) is 11.5. The quantitative estimate of drug-likeness (QED) is 0.254. The van der Waals surface area contributed by atoms with E-state index in [1.54, 1.807) is 0 Å². The summed E-state index contributed by atoms with van der Waals surface area (Å²) in [6.07, 6.45) is 4.79. The standard InChI is InChI=1S/C27H20N2O10/c1-28-24(32)17-10-16-13-37-8-7-20(23(16)29(17)26(34)25(28)33)39-27(35)15-4-6-19(36-2)22(11-15)38-21-9-14(12-30)3-5-18(21)31/h3-13,20,23,31H,1-2H3/t20-,23-/m1/s1. The zero-order valence-electron chi connectivity index (χ0n) is 20.5. The molecule has 1 fully saturated rings. The van der Waals surface area contributed by atoms with Gasteiger partial charge in [0.1, 0.15) is 24.1 Å². The number of ether oxygens (including phenoxy) is 4. The number of methoxy groups -OCH3 is 1. The number of phenolic OH excluding ortho intramolecular Hbond substituents is 1. The predicted molar refractivity (Wildman–Crippen MR) is 131 cm³/mol. The average Bonchev–Trinajstić information content (AvgIpc) is 3.22. The number of carbonyl (C=O) groups is 5. The summed E-state index contributed by atoms with van der Waals surface area (Å²) in [6.45, 7) is 0. The van der Waals surface area contributed by atoms with Crippen LogP contribution in [0.3, 0.4) is 0 Å². The van der Waals surface area contributed by atoms with Crippen LogP contribution >= 0.6 is 0 Å². The lowest BCUT2D eigenvalue weighted by molar-refractivity contribution is -0.160. The number of amides is 3. The van der Waals surface area contributed by atoms with Crippen molar-refractivity contribution >= 4 is 30.0 Å². The zero-order valence-corrected chi connectivity index (χ0v) is 20.5. The van der Waals surface area contributed by atoms with Crippen molar-refractivity contribution in [3.05, 3.63) is 83.5 Å². The molecule has 0 bridgehead atoms. The van der Waals surface area contributed by atoms with Crippen LogP contribution in [0.25, 0.3) is 0 Å². The summed E-state index contributed by atoms with van der Waals surface area (Å²) >= 11 is 0. The molecule has 3 aliphatic rings. The van der Waals surface area contributed by atoms with Gasteiger partial charge in [0.2, 0.25) is 0 Å². The smallest absolute Gasteiger partial charge is 0.338 e. The van der Waals surface area contributed by atoms with Crippen molar-refractivity contribution < 1.29 is 48.0 Å². The van der Waals surface area contributed by atoms with E-state index < -0.39 is 35.8 Å². The minimum Gasteiger partial charge on any atom is -0.504 e. The Kier molecular flexibility index (Phi) is 6.36. The van der Waals surface area contributed by atoms with E-state index in [2.05, 4.69) is 0 Å². The number of fused-ring (bicyclic) bond motifs is 3. The van der Waals surface area contributed by atoms with Gasteiger partial charge in [-0.05, 0) is 48.6 Å². The first kappa shape index (κ1) is 25.3. The Morgan fingerprint density at radius 2 is 1.82 bits per heavy atom. The Morgan fingerprint density at radius 1 is 1.03 bits per heavy atom. The summed E-state index contributed by atoms with van der Waals surface area (Å²) in [7, 11) is 2.59. The summed E-state index contributed by atoms with van der Waals surface area (Å²) in [5.41, 5.74) is 0.574. The number of hydrogen-bond acceptors (Lipinski definition) is 10. The Hall–Kier alpha value is -5.39. The maximum absolute atomic E-state index is 13.2. The maximum atomic E-state index is 13.2. The number of rotatable bonds is 6. The second-order valence-corrected chi connectivity index (χ2v) is 8.58. The molecule has 5 rings (SSSR count). The van der Waals surface area contributed by atoms with Crippen LogP contribution in [0, 0.1) is 0 Å². The molecule has 12 heteroatoms. The highest BCUT2D eigenvalue weighted by Crippen LogP contribution is 2.38. The topological polar surface area (TPSA) is 149 Å². The molecule has 1 saturated heterocycles. The second kappa shape index (κ2) is 9.82. The van der Waals surface area contributed by atoms with Crippen molar-refractivity contribution in [2.75, 3.05) is 14.2 Å². The lowest BCUT2D eigenvalue weighted by atomic mass is 10.0. The van der Waals surface area contributed by atoms with E-state index >= 15 is 0 Å². The molecule has 2 aromatic carbocycles. The third-order valence-electron chi connectivity index (χ3n) is 6.26. The number of aldehydes is 1. The molecule has 1 N–H and O–H groups in total. The second-order valence-electron chi connectivity index (χ2n) is 8.58. The normalized spacial score (nSPS) is 19.8. The molecule has 0 radical (unpaired) electrons. The van der Waals surface area contributed by atoms with E-state index in [9.17, 15) is 29.1 Å². The maximum Gasteiger partial charge on any atom is 0.338 e. The molecular weight excluding hydrogens is 512 g/mol. The average molecular weight is 532 g/mol. The fourth-order valence-electron chi connectivity index (χ4n) is 4.29. The van der Waals surface area contributed by atoms with Gasteiger partial charge in [-0.25, -0.2) is 4.79 Å². The van der Waals surface area contributed by atoms with E-state index in [1.165, 1.54) is 75.2 Å². The minimum atomic E-state index is -1.13. The number of benzene rings is 2. The van der Waals surface area contributed by atoms with Gasteiger partial charge in [-0.1, -0.05) is 0 Å². The van der Waals surface area contributed by atoms with Crippen LogP contribution in [0.15, 0.2) is 72.3 Å². The van der Waals surface area contributed by atoms with Gasteiger partial charge >= 0.3 is 17.8 Å². The fourth-order valence-corrected chi connectivity index (χ4v) is 4.29. The lowest BCUT2D eigenvalue weighted by Gasteiger charge is -2.35. The van der Waals surface area contributed by atoms with E-state index in [4.69, 9.17) is 18.9 Å². The fraction of sp³-hybridized carbons (Fsp3) is 0.148. The van der Waals surface area contributed by atoms with Gasteiger partial charge in [-0.2, -0.15) is 0 Å². The van der Waals surface area contributed by atoms with Crippen molar-refractivity contribution in [2.45, 2.75) is 12.1 Å². The minimum absolute atomic E-state index is 0.0176. The first-order chi connectivity index (χ1) is 18.7. The Balaban J connectivity index is 1.43. The van der Waals surface area contributed by atoms with Crippen LogP contribution in [0.1, 0.15) is 20.7 Å². The number of esters is 1. The van der Waals surface area contributed by atoms with Gasteiger partial charge < -0.3 is 24.1 Å². The highest BCUT2D eigenvalue weighted by Gasteiger charge is 2.51. The molecule has 0 spiro atoms. The highest BCUT2D eigenvalue weighted by atomic mass is 16.5. The molecule has 2 atom stereocenters. The number of phenols is 1. The Labute approximate surface area is 220 Å². The van der Waals surface area contributed by atoms with E-state index in [1.807, 2.05) is 0 Å². The third kappa shape index (κ3) is 4.37. The van der Waals surface area contributed by atoms with Crippen LogP contribution in [-0.2, 0) is 23.9 Å². The largest absolute Gasteiger partial charge is 0.504 e. The number of nitrogens with zero attached hydrogens (tertiary/aromatic N) is 2. The number of carbonyl (C=O) groups excluding carboxylic acids is 5. The zero-order chi connectivity index (χ0) is 27.8. The number of hydrogen-bond donors (Lipinski definition) is 1. The van der Waals surface area contributed by atoms with Gasteiger partial charge in [-0.3, -0.25) is 29.0 Å². The van der Waals surface area contributed by atoms with Crippen LogP contribution in [0.4, 0.5) is 0 Å². The van der Waals surface area contributed by atoms with Crippen molar-refractivity contribution in [3.63, 3.8) is 0 Å². The van der Waals surface area contributed by atoms with Crippen LogP contribution in [0.5, 0.6) is 23.0 Å². The molecule has 12 nitrogen and oxygen atoms in total. The van der Waals surface area contributed by atoms with Crippen molar-refractivity contribution in [3.8, 4) is 23.0 Å².